The molecule has 10 nitrogen and oxygen atoms in total. The molecule has 1 N–H and O–H groups in total. The molecule has 0 saturated carbocycles. The first-order chi connectivity index (χ1) is 16.6. The van der Waals surface area contributed by atoms with Crippen molar-refractivity contribution in [1.29, 1.82) is 0 Å². The minimum atomic E-state index is -3.96. The minimum absolute atomic E-state index is 0.0463. The van der Waals surface area contributed by atoms with Gasteiger partial charge in [0, 0.05) is 26.2 Å². The van der Waals surface area contributed by atoms with Crippen LogP contribution in [-0.2, 0) is 36.1 Å². The van der Waals surface area contributed by atoms with Crippen LogP contribution in [0.3, 0.4) is 0 Å². The van der Waals surface area contributed by atoms with Crippen LogP contribution in [0.1, 0.15) is 12.5 Å². The first-order valence-electron chi connectivity index (χ1n) is 10.9. The summed E-state index contributed by atoms with van der Waals surface area (Å²) in [5.74, 6) is -0.157. The van der Waals surface area contributed by atoms with Gasteiger partial charge in [0.15, 0.2) is 0 Å². The number of methoxy groups -OCH3 is 1. The summed E-state index contributed by atoms with van der Waals surface area (Å²) in [6.45, 7) is 2.77. The summed E-state index contributed by atoms with van der Waals surface area (Å²) in [7, 11) is -6.14. The lowest BCUT2D eigenvalue weighted by Gasteiger charge is -2.26. The highest BCUT2D eigenvalue weighted by Gasteiger charge is 2.27. The van der Waals surface area contributed by atoms with E-state index in [1.54, 1.807) is 19.1 Å². The number of ether oxygens (including phenoxy) is 2. The van der Waals surface area contributed by atoms with Crippen LogP contribution in [0.4, 0.5) is 0 Å². The van der Waals surface area contributed by atoms with Crippen LogP contribution in [-0.4, -0.2) is 77.9 Å². The Morgan fingerprint density at radius 3 is 2.29 bits per heavy atom. The quantitative estimate of drug-likeness (QED) is 0.482. The lowest BCUT2D eigenvalue weighted by atomic mass is 10.2. The van der Waals surface area contributed by atoms with E-state index in [4.69, 9.17) is 21.1 Å². The van der Waals surface area contributed by atoms with Crippen LogP contribution in [0, 0.1) is 0 Å². The summed E-state index contributed by atoms with van der Waals surface area (Å²) in [5.41, 5.74) is 0.673. The number of rotatable bonds is 10. The summed E-state index contributed by atoms with van der Waals surface area (Å²) in [6.07, 6.45) is 0. The van der Waals surface area contributed by atoms with Gasteiger partial charge in [0.05, 0.1) is 41.7 Å². The summed E-state index contributed by atoms with van der Waals surface area (Å²) >= 11 is 6.06. The number of amides is 1. The highest BCUT2D eigenvalue weighted by atomic mass is 35.5. The van der Waals surface area contributed by atoms with Crippen molar-refractivity contribution in [2.75, 3.05) is 46.5 Å². The lowest BCUT2D eigenvalue weighted by Crippen LogP contribution is -2.40. The molecule has 35 heavy (non-hydrogen) atoms. The fourth-order valence-corrected chi connectivity index (χ4v) is 6.62. The van der Waals surface area contributed by atoms with Crippen molar-refractivity contribution in [3.8, 4) is 5.75 Å². The largest absolute Gasteiger partial charge is 0.495 e. The summed E-state index contributed by atoms with van der Waals surface area (Å²) in [5, 5.41) is 2.82. The van der Waals surface area contributed by atoms with Crippen molar-refractivity contribution in [1.82, 2.24) is 13.9 Å². The van der Waals surface area contributed by atoms with Gasteiger partial charge < -0.3 is 14.8 Å². The van der Waals surface area contributed by atoms with E-state index in [-0.39, 0.29) is 34.4 Å². The Balaban J connectivity index is 1.61. The number of hydrogen-bond acceptors (Lipinski definition) is 7. The smallest absolute Gasteiger partial charge is 0.243 e. The maximum atomic E-state index is 13.0. The molecule has 1 heterocycles. The Morgan fingerprint density at radius 2 is 1.71 bits per heavy atom. The molecule has 192 valence electrons. The molecule has 1 amide bonds. The van der Waals surface area contributed by atoms with Gasteiger partial charge in [-0.05, 0) is 35.9 Å². The van der Waals surface area contributed by atoms with E-state index in [1.807, 2.05) is 0 Å². The van der Waals surface area contributed by atoms with Crippen molar-refractivity contribution in [2.45, 2.75) is 23.3 Å². The van der Waals surface area contributed by atoms with Crippen LogP contribution < -0.4 is 10.1 Å². The van der Waals surface area contributed by atoms with Crippen molar-refractivity contribution in [3.05, 3.63) is 53.1 Å². The fraction of sp³-hybridized carbons (Fsp3) is 0.409. The maximum absolute atomic E-state index is 13.0. The van der Waals surface area contributed by atoms with Crippen LogP contribution in [0.25, 0.3) is 0 Å². The predicted molar refractivity (Wildman–Crippen MR) is 130 cm³/mol. The molecule has 1 fully saturated rings. The molecule has 2 aromatic carbocycles. The van der Waals surface area contributed by atoms with Crippen LogP contribution in [0.5, 0.6) is 5.75 Å². The zero-order valence-corrected chi connectivity index (χ0v) is 21.8. The van der Waals surface area contributed by atoms with E-state index in [2.05, 4.69) is 5.32 Å². The first kappa shape index (κ1) is 27.4. The fourth-order valence-electron chi connectivity index (χ4n) is 3.46. The molecule has 1 saturated heterocycles. The lowest BCUT2D eigenvalue weighted by molar-refractivity contribution is -0.121. The number of carbonyl (C=O) groups excluding carboxylic acids is 1. The van der Waals surface area contributed by atoms with Gasteiger partial charge in [-0.2, -0.15) is 8.61 Å². The Labute approximate surface area is 210 Å². The average Bonchev–Trinajstić information content (AvgIpc) is 2.86. The number of morpholine rings is 1. The molecular weight excluding hydrogens is 518 g/mol. The third kappa shape index (κ3) is 6.51. The standard InChI is InChI=1S/C22H28ClN3O7S2/c1-3-25(35(30,31)19-8-9-21(32-2)20(23)14-19)16-22(27)24-15-17-4-6-18(7-5-17)34(28,29)26-10-12-33-13-11-26/h4-9,14H,3,10-13,15-16H2,1-2H3,(H,24,27). The number of carbonyl (C=O) groups is 1. The topological polar surface area (TPSA) is 122 Å². The summed E-state index contributed by atoms with van der Waals surface area (Å²) in [4.78, 5) is 12.6. The molecule has 0 spiro atoms. The van der Waals surface area contributed by atoms with Gasteiger partial charge in [0.25, 0.3) is 0 Å². The van der Waals surface area contributed by atoms with Gasteiger partial charge in [0.2, 0.25) is 26.0 Å². The normalized spacial score (nSPS) is 15.2. The highest BCUT2D eigenvalue weighted by Crippen LogP contribution is 2.28. The Bertz CT molecular complexity index is 1250. The summed E-state index contributed by atoms with van der Waals surface area (Å²) < 4.78 is 64.0. The number of benzene rings is 2. The first-order valence-corrected chi connectivity index (χ1v) is 14.1. The van der Waals surface area contributed by atoms with Gasteiger partial charge >= 0.3 is 0 Å². The van der Waals surface area contributed by atoms with Gasteiger partial charge in [-0.15, -0.1) is 0 Å². The molecular formula is C22H28ClN3O7S2. The molecule has 0 aromatic heterocycles. The van der Waals surface area contributed by atoms with Gasteiger partial charge in [-0.1, -0.05) is 30.7 Å². The van der Waals surface area contributed by atoms with Crippen LogP contribution in [0.15, 0.2) is 52.3 Å². The number of nitrogens with zero attached hydrogens (tertiary/aromatic N) is 2. The number of nitrogens with one attached hydrogen (secondary N) is 1. The van der Waals surface area contributed by atoms with Gasteiger partial charge in [0.1, 0.15) is 5.75 Å². The van der Waals surface area contributed by atoms with Crippen LogP contribution >= 0.6 is 11.6 Å². The zero-order chi connectivity index (χ0) is 25.6. The van der Waals surface area contributed by atoms with Crippen molar-refractivity contribution in [3.63, 3.8) is 0 Å². The second kappa shape index (κ2) is 11.7. The van der Waals surface area contributed by atoms with E-state index in [0.29, 0.717) is 37.6 Å². The van der Waals surface area contributed by atoms with Gasteiger partial charge in [-0.25, -0.2) is 16.8 Å². The highest BCUT2D eigenvalue weighted by molar-refractivity contribution is 7.89. The van der Waals surface area contributed by atoms with Crippen LogP contribution in [0.2, 0.25) is 5.02 Å². The molecule has 1 aliphatic rings. The maximum Gasteiger partial charge on any atom is 0.243 e. The second-order valence-corrected chi connectivity index (χ2v) is 11.9. The molecule has 0 aliphatic carbocycles. The number of likely N-dealkylation sites (N-methyl/N-ethyl adjacent to an activating group) is 1. The average molecular weight is 546 g/mol. The molecule has 0 atom stereocenters. The molecule has 1 aliphatic heterocycles. The number of halogens is 1. The SMILES string of the molecule is CCN(CC(=O)NCc1ccc(S(=O)(=O)N2CCOCC2)cc1)S(=O)(=O)c1ccc(OC)c(Cl)c1. The monoisotopic (exact) mass is 545 g/mol. The summed E-state index contributed by atoms with van der Waals surface area (Å²) in [6, 6.07) is 10.3. The number of hydrogen-bond donors (Lipinski definition) is 1. The molecule has 0 radical (unpaired) electrons. The Morgan fingerprint density at radius 1 is 1.09 bits per heavy atom. The molecule has 3 rings (SSSR count). The molecule has 0 bridgehead atoms. The molecule has 2 aromatic rings. The molecule has 13 heteroatoms. The van der Waals surface area contributed by atoms with E-state index < -0.39 is 26.0 Å². The van der Waals surface area contributed by atoms with Crippen molar-refractivity contribution in [2.24, 2.45) is 0 Å². The molecule has 0 unspecified atom stereocenters. The Hall–Kier alpha value is -2.22. The van der Waals surface area contributed by atoms with E-state index >= 15 is 0 Å². The van der Waals surface area contributed by atoms with E-state index in [0.717, 1.165) is 4.31 Å². The third-order valence-corrected chi connectivity index (χ3v) is 9.58. The van der Waals surface area contributed by atoms with E-state index in [1.165, 1.54) is 41.7 Å². The zero-order valence-electron chi connectivity index (χ0n) is 19.4. The van der Waals surface area contributed by atoms with Crippen molar-refractivity contribution < 1.29 is 31.1 Å². The predicted octanol–water partition coefficient (Wildman–Crippen LogP) is 1.70. The van der Waals surface area contributed by atoms with Crippen molar-refractivity contribution >= 4 is 37.6 Å². The third-order valence-electron chi connectivity index (χ3n) is 5.45. The number of sulfonamides is 2. The second-order valence-electron chi connectivity index (χ2n) is 7.66. The minimum Gasteiger partial charge on any atom is -0.495 e. The Kier molecular flexibility index (Phi) is 9.13. The van der Waals surface area contributed by atoms with Gasteiger partial charge in [-0.3, -0.25) is 4.79 Å². The van der Waals surface area contributed by atoms with E-state index in [9.17, 15) is 21.6 Å².